The number of benzene rings is 1. The Balaban J connectivity index is 1.34. The van der Waals surface area contributed by atoms with Crippen LogP contribution in [-0.2, 0) is 6.42 Å². The number of phenolic OH excluding ortho intramolecular Hbond substituents is 1. The van der Waals surface area contributed by atoms with E-state index < -0.39 is 5.63 Å². The van der Waals surface area contributed by atoms with Crippen molar-refractivity contribution < 1.29 is 9.52 Å². The first-order valence-electron chi connectivity index (χ1n) is 10.3. The van der Waals surface area contributed by atoms with E-state index in [1.165, 1.54) is 37.0 Å². The van der Waals surface area contributed by atoms with Crippen LogP contribution in [0.5, 0.6) is 5.75 Å². The molecule has 2 aromatic heterocycles. The number of fused-ring (bicyclic) bond motifs is 2. The van der Waals surface area contributed by atoms with Crippen LogP contribution in [0.25, 0.3) is 22.2 Å². The molecule has 1 atom stereocenters. The molecule has 0 radical (unpaired) electrons. The standard InChI is InChI=1S/C22H22N4O3/c27-18-11-19-13(1-2-20(28)29-19)9-16(18)17-10-14-4-8-26(21(14)25-24-17)15-3-7-23-22(12-15)5-6-22/h1-2,9-11,15,23,27H,3-8,12H2/t15-/m0/s1. The Morgan fingerprint density at radius 3 is 2.97 bits per heavy atom. The van der Waals surface area contributed by atoms with Crippen molar-refractivity contribution in [3.63, 3.8) is 0 Å². The maximum absolute atomic E-state index is 11.4. The number of rotatable bonds is 2. The van der Waals surface area contributed by atoms with Crippen molar-refractivity contribution in [2.45, 2.75) is 43.7 Å². The van der Waals surface area contributed by atoms with Crippen molar-refractivity contribution in [2.75, 3.05) is 18.0 Å². The summed E-state index contributed by atoms with van der Waals surface area (Å²) in [5, 5.41) is 23.9. The maximum Gasteiger partial charge on any atom is 0.336 e. The van der Waals surface area contributed by atoms with Gasteiger partial charge in [-0.2, -0.15) is 0 Å². The average Bonchev–Trinajstić information content (AvgIpc) is 3.32. The van der Waals surface area contributed by atoms with Crippen LogP contribution in [0.2, 0.25) is 0 Å². The molecule has 0 unspecified atom stereocenters. The predicted molar refractivity (Wildman–Crippen MR) is 109 cm³/mol. The molecule has 0 amide bonds. The summed E-state index contributed by atoms with van der Waals surface area (Å²) >= 11 is 0. The lowest BCUT2D eigenvalue weighted by molar-refractivity contribution is 0.333. The van der Waals surface area contributed by atoms with Gasteiger partial charge in [-0.3, -0.25) is 0 Å². The predicted octanol–water partition coefficient (Wildman–Crippen LogP) is 2.60. The van der Waals surface area contributed by atoms with Crippen molar-refractivity contribution in [1.82, 2.24) is 15.5 Å². The van der Waals surface area contributed by atoms with Gasteiger partial charge in [0, 0.05) is 46.8 Å². The number of anilines is 1. The monoisotopic (exact) mass is 390 g/mol. The summed E-state index contributed by atoms with van der Waals surface area (Å²) in [5.41, 5.74) is 2.72. The van der Waals surface area contributed by atoms with Gasteiger partial charge in [-0.1, -0.05) is 0 Å². The minimum absolute atomic E-state index is 0.0324. The molecule has 4 heterocycles. The fourth-order valence-electron chi connectivity index (χ4n) is 4.92. The summed E-state index contributed by atoms with van der Waals surface area (Å²) in [5.74, 6) is 1.02. The Bertz CT molecular complexity index is 1180. The molecule has 29 heavy (non-hydrogen) atoms. The first-order valence-corrected chi connectivity index (χ1v) is 10.3. The van der Waals surface area contributed by atoms with Crippen molar-refractivity contribution in [2.24, 2.45) is 0 Å². The number of hydrogen-bond donors (Lipinski definition) is 2. The second kappa shape index (κ2) is 6.03. The summed E-state index contributed by atoms with van der Waals surface area (Å²) < 4.78 is 5.15. The Labute approximate surface area is 167 Å². The van der Waals surface area contributed by atoms with E-state index in [0.29, 0.717) is 28.4 Å². The minimum atomic E-state index is -0.437. The molecule has 148 valence electrons. The molecular formula is C22H22N4O3. The molecule has 1 aromatic carbocycles. The molecule has 1 spiro atoms. The third-order valence-electron chi connectivity index (χ3n) is 6.66. The summed E-state index contributed by atoms with van der Waals surface area (Å²) in [6.45, 7) is 2.05. The molecule has 0 bridgehead atoms. The Hall–Kier alpha value is -2.93. The molecule has 2 aliphatic heterocycles. The molecule has 2 N–H and O–H groups in total. The Kier molecular flexibility index (Phi) is 3.53. The lowest BCUT2D eigenvalue weighted by atomic mass is 9.96. The average molecular weight is 390 g/mol. The van der Waals surface area contributed by atoms with Gasteiger partial charge in [-0.15, -0.1) is 10.2 Å². The van der Waals surface area contributed by atoms with Crippen LogP contribution in [0.4, 0.5) is 5.82 Å². The fourth-order valence-corrected chi connectivity index (χ4v) is 4.92. The number of nitrogens with zero attached hydrogens (tertiary/aromatic N) is 3. The summed E-state index contributed by atoms with van der Waals surface area (Å²) in [4.78, 5) is 13.8. The lowest BCUT2D eigenvalue weighted by Gasteiger charge is -2.37. The fraction of sp³-hybridized carbons (Fsp3) is 0.409. The zero-order valence-corrected chi connectivity index (χ0v) is 16.0. The van der Waals surface area contributed by atoms with Crippen LogP contribution in [0.15, 0.2) is 39.5 Å². The van der Waals surface area contributed by atoms with Crippen molar-refractivity contribution in [1.29, 1.82) is 0 Å². The highest BCUT2D eigenvalue weighted by Gasteiger charge is 2.47. The van der Waals surface area contributed by atoms with E-state index in [1.54, 1.807) is 12.1 Å². The number of aromatic nitrogens is 2. The topological polar surface area (TPSA) is 91.5 Å². The number of hydrogen-bond acceptors (Lipinski definition) is 7. The van der Waals surface area contributed by atoms with Crippen molar-refractivity contribution in [3.8, 4) is 17.0 Å². The van der Waals surface area contributed by atoms with Gasteiger partial charge in [0.2, 0.25) is 0 Å². The molecule has 2 fully saturated rings. The van der Waals surface area contributed by atoms with Gasteiger partial charge < -0.3 is 19.7 Å². The van der Waals surface area contributed by atoms with Gasteiger partial charge in [0.25, 0.3) is 0 Å². The summed E-state index contributed by atoms with van der Waals surface area (Å²) in [6.07, 6.45) is 5.85. The first kappa shape index (κ1) is 17.0. The van der Waals surface area contributed by atoms with E-state index in [1.807, 2.05) is 6.07 Å². The zero-order chi connectivity index (χ0) is 19.6. The number of nitrogens with one attached hydrogen (secondary N) is 1. The van der Waals surface area contributed by atoms with E-state index >= 15 is 0 Å². The summed E-state index contributed by atoms with van der Waals surface area (Å²) in [7, 11) is 0. The molecule has 1 saturated heterocycles. The van der Waals surface area contributed by atoms with E-state index in [0.717, 1.165) is 37.1 Å². The highest BCUT2D eigenvalue weighted by atomic mass is 16.4. The third-order valence-corrected chi connectivity index (χ3v) is 6.66. The van der Waals surface area contributed by atoms with E-state index in [2.05, 4.69) is 20.4 Å². The Morgan fingerprint density at radius 2 is 2.10 bits per heavy atom. The van der Waals surface area contributed by atoms with Gasteiger partial charge in [0.15, 0.2) is 5.82 Å². The quantitative estimate of drug-likeness (QED) is 0.650. The minimum Gasteiger partial charge on any atom is -0.507 e. The zero-order valence-electron chi connectivity index (χ0n) is 16.0. The van der Waals surface area contributed by atoms with Crippen LogP contribution < -0.4 is 15.8 Å². The Morgan fingerprint density at radius 1 is 1.21 bits per heavy atom. The van der Waals surface area contributed by atoms with Crippen molar-refractivity contribution >= 4 is 16.8 Å². The smallest absolute Gasteiger partial charge is 0.336 e. The number of piperidine rings is 1. The van der Waals surface area contributed by atoms with Crippen LogP contribution >= 0.6 is 0 Å². The molecular weight excluding hydrogens is 368 g/mol. The molecule has 6 rings (SSSR count). The number of phenols is 1. The van der Waals surface area contributed by atoms with Crippen molar-refractivity contribution in [3.05, 3.63) is 46.3 Å². The highest BCUT2D eigenvalue weighted by Crippen LogP contribution is 2.45. The lowest BCUT2D eigenvalue weighted by Crippen LogP contribution is -2.49. The van der Waals surface area contributed by atoms with Gasteiger partial charge in [-0.25, -0.2) is 4.79 Å². The van der Waals surface area contributed by atoms with Gasteiger partial charge in [0.1, 0.15) is 11.3 Å². The molecule has 1 aliphatic carbocycles. The molecule has 3 aromatic rings. The van der Waals surface area contributed by atoms with E-state index in [-0.39, 0.29) is 5.75 Å². The van der Waals surface area contributed by atoms with E-state index in [9.17, 15) is 9.90 Å². The third kappa shape index (κ3) is 2.80. The summed E-state index contributed by atoms with van der Waals surface area (Å²) in [6, 6.07) is 8.89. The van der Waals surface area contributed by atoms with Crippen LogP contribution in [-0.4, -0.2) is 40.0 Å². The first-order chi connectivity index (χ1) is 14.1. The SMILES string of the molecule is O=c1ccc2cc(-c3cc4c(nn3)N([C@H]3CCNC5(CC5)C3)CC4)c(O)cc2o1. The molecule has 1 saturated carbocycles. The normalized spacial score (nSPS) is 22.2. The van der Waals surface area contributed by atoms with Crippen LogP contribution in [0.1, 0.15) is 31.2 Å². The molecule has 7 nitrogen and oxygen atoms in total. The van der Waals surface area contributed by atoms with Crippen LogP contribution in [0.3, 0.4) is 0 Å². The van der Waals surface area contributed by atoms with Gasteiger partial charge in [-0.05, 0) is 56.8 Å². The highest BCUT2D eigenvalue weighted by molar-refractivity contribution is 5.86. The second-order valence-corrected chi connectivity index (χ2v) is 8.54. The van der Waals surface area contributed by atoms with Crippen LogP contribution in [0, 0.1) is 0 Å². The maximum atomic E-state index is 11.4. The van der Waals surface area contributed by atoms with Gasteiger partial charge >= 0.3 is 5.63 Å². The van der Waals surface area contributed by atoms with Gasteiger partial charge in [0.05, 0.1) is 5.69 Å². The largest absolute Gasteiger partial charge is 0.507 e. The second-order valence-electron chi connectivity index (χ2n) is 8.54. The molecule has 3 aliphatic rings. The molecule has 7 heteroatoms. The van der Waals surface area contributed by atoms with E-state index in [4.69, 9.17) is 4.42 Å². The number of aromatic hydroxyl groups is 1.